The topological polar surface area (TPSA) is 73.5 Å². The third-order valence-electron chi connectivity index (χ3n) is 7.80. The zero-order valence-corrected chi connectivity index (χ0v) is 18.2. The van der Waals surface area contributed by atoms with E-state index < -0.39 is 0 Å². The van der Waals surface area contributed by atoms with E-state index in [4.69, 9.17) is 0 Å². The molecule has 0 aromatic heterocycles. The average molecular weight is 411 g/mol. The Morgan fingerprint density at radius 3 is 2.20 bits per heavy atom. The number of urea groups is 1. The summed E-state index contributed by atoms with van der Waals surface area (Å²) in [7, 11) is 0. The Bertz CT molecular complexity index is 827. The van der Waals surface area contributed by atoms with Crippen LogP contribution in [0.15, 0.2) is 24.3 Å². The fraction of sp³-hybridized carbons (Fsp3) is 0.667. The predicted molar refractivity (Wildman–Crippen MR) is 118 cm³/mol. The molecule has 4 atom stereocenters. The van der Waals surface area contributed by atoms with Crippen molar-refractivity contribution < 1.29 is 9.59 Å². The quantitative estimate of drug-likeness (QED) is 0.713. The second-order valence-electron chi connectivity index (χ2n) is 11.1. The van der Waals surface area contributed by atoms with Crippen LogP contribution in [0, 0.1) is 16.7 Å². The smallest absolute Gasteiger partial charge is 0.319 e. The highest BCUT2D eigenvalue weighted by Gasteiger charge is 2.60. The molecule has 6 heteroatoms. The summed E-state index contributed by atoms with van der Waals surface area (Å²) in [5.74, 6) is 0.800. The van der Waals surface area contributed by atoms with E-state index in [0.717, 1.165) is 57.0 Å². The van der Waals surface area contributed by atoms with Gasteiger partial charge in [0.05, 0.1) is 0 Å². The van der Waals surface area contributed by atoms with Crippen molar-refractivity contribution in [1.82, 2.24) is 15.5 Å². The van der Waals surface area contributed by atoms with Crippen LogP contribution in [0.25, 0.3) is 0 Å². The van der Waals surface area contributed by atoms with Crippen LogP contribution < -0.4 is 16.0 Å². The summed E-state index contributed by atoms with van der Waals surface area (Å²) in [6.45, 7) is 7.99. The molecular formula is C24H34N4O2. The molecule has 0 radical (unpaired) electrons. The summed E-state index contributed by atoms with van der Waals surface area (Å²) < 4.78 is 0. The number of hydrogen-bond donors (Lipinski definition) is 3. The Hall–Kier alpha value is -2.08. The van der Waals surface area contributed by atoms with Crippen molar-refractivity contribution in [2.24, 2.45) is 16.7 Å². The van der Waals surface area contributed by atoms with Gasteiger partial charge in [0.1, 0.15) is 0 Å². The fourth-order valence-electron chi connectivity index (χ4n) is 7.74. The third kappa shape index (κ3) is 3.70. The fourth-order valence-corrected chi connectivity index (χ4v) is 7.74. The molecule has 6 nitrogen and oxygen atoms in total. The summed E-state index contributed by atoms with van der Waals surface area (Å²) in [5, 5.41) is 9.64. The van der Waals surface area contributed by atoms with Crippen LogP contribution in [0.1, 0.15) is 62.7 Å². The van der Waals surface area contributed by atoms with E-state index in [2.05, 4.69) is 29.8 Å². The van der Waals surface area contributed by atoms with Crippen LogP contribution in [0.2, 0.25) is 0 Å². The minimum Gasteiger partial charge on any atom is -0.336 e. The molecule has 4 aliphatic carbocycles. The van der Waals surface area contributed by atoms with Crippen LogP contribution in [0.4, 0.5) is 10.5 Å². The summed E-state index contributed by atoms with van der Waals surface area (Å²) in [5.41, 5.74) is 2.07. The van der Waals surface area contributed by atoms with Gasteiger partial charge in [-0.1, -0.05) is 13.8 Å². The van der Waals surface area contributed by atoms with Gasteiger partial charge in [-0.15, -0.1) is 0 Å². The number of rotatable bonds is 3. The number of nitrogens with one attached hydrogen (secondary N) is 3. The lowest BCUT2D eigenvalue weighted by Gasteiger charge is -2.65. The van der Waals surface area contributed by atoms with Crippen molar-refractivity contribution in [3.63, 3.8) is 0 Å². The second-order valence-corrected chi connectivity index (χ2v) is 11.1. The van der Waals surface area contributed by atoms with E-state index in [1.165, 1.54) is 19.3 Å². The Kier molecular flexibility index (Phi) is 4.62. The third-order valence-corrected chi connectivity index (χ3v) is 7.80. The molecule has 1 heterocycles. The minimum atomic E-state index is -0.120. The van der Waals surface area contributed by atoms with Crippen LogP contribution in [-0.4, -0.2) is 48.6 Å². The second kappa shape index (κ2) is 6.98. The zero-order valence-electron chi connectivity index (χ0n) is 18.2. The number of carbonyl (C=O) groups excluding carboxylic acids is 2. The monoisotopic (exact) mass is 410 g/mol. The molecule has 1 saturated heterocycles. The normalized spacial score (nSPS) is 37.1. The molecule has 3 amide bonds. The molecule has 1 aromatic carbocycles. The van der Waals surface area contributed by atoms with Crippen LogP contribution in [-0.2, 0) is 0 Å². The first-order valence-corrected chi connectivity index (χ1v) is 11.4. The van der Waals surface area contributed by atoms with E-state index in [1.807, 2.05) is 29.2 Å². The molecule has 1 aliphatic heterocycles. The van der Waals surface area contributed by atoms with Crippen molar-refractivity contribution in [2.75, 3.05) is 31.5 Å². The molecule has 30 heavy (non-hydrogen) atoms. The molecule has 4 bridgehead atoms. The van der Waals surface area contributed by atoms with Gasteiger partial charge in [-0.05, 0) is 79.5 Å². The van der Waals surface area contributed by atoms with Gasteiger partial charge in [-0.2, -0.15) is 0 Å². The van der Waals surface area contributed by atoms with Crippen LogP contribution >= 0.6 is 0 Å². The first-order chi connectivity index (χ1) is 14.3. The van der Waals surface area contributed by atoms with Gasteiger partial charge < -0.3 is 20.9 Å². The molecule has 4 saturated carbocycles. The molecule has 0 spiro atoms. The van der Waals surface area contributed by atoms with Gasteiger partial charge in [0.15, 0.2) is 0 Å². The highest BCUT2D eigenvalue weighted by Crippen LogP contribution is 2.66. The maximum atomic E-state index is 12.9. The number of carbonyl (C=O) groups is 2. The van der Waals surface area contributed by atoms with Gasteiger partial charge in [-0.25, -0.2) is 4.79 Å². The van der Waals surface area contributed by atoms with Crippen molar-refractivity contribution in [2.45, 2.75) is 57.9 Å². The lowest BCUT2D eigenvalue weighted by atomic mass is 9.43. The lowest BCUT2D eigenvalue weighted by molar-refractivity contribution is -0.113. The SMILES string of the molecule is C[C@]12CC3CC(NC(=O)Nc4ccc(C(=O)N5CCNCC5)cc4)(C1)C[C@@](C)(C3)C2. The number of piperazine rings is 1. The largest absolute Gasteiger partial charge is 0.336 e. The molecule has 1 aromatic rings. The summed E-state index contributed by atoms with van der Waals surface area (Å²) in [4.78, 5) is 27.4. The average Bonchev–Trinajstić information content (AvgIpc) is 2.65. The minimum absolute atomic E-state index is 0.0579. The number of anilines is 1. The summed E-state index contributed by atoms with van der Waals surface area (Å²) in [6, 6.07) is 7.17. The number of hydrogen-bond acceptors (Lipinski definition) is 3. The van der Waals surface area contributed by atoms with Crippen molar-refractivity contribution >= 4 is 17.6 Å². The zero-order chi connectivity index (χ0) is 21.0. The summed E-state index contributed by atoms with van der Waals surface area (Å²) >= 11 is 0. The predicted octanol–water partition coefficient (Wildman–Crippen LogP) is 3.60. The van der Waals surface area contributed by atoms with Crippen LogP contribution in [0.5, 0.6) is 0 Å². The molecule has 162 valence electrons. The molecule has 5 aliphatic rings. The number of nitrogens with zero attached hydrogens (tertiary/aromatic N) is 1. The number of amides is 3. The first kappa shape index (κ1) is 19.9. The van der Waals surface area contributed by atoms with E-state index in [0.29, 0.717) is 16.4 Å². The van der Waals surface area contributed by atoms with Crippen molar-refractivity contribution in [3.05, 3.63) is 29.8 Å². The van der Waals surface area contributed by atoms with E-state index in [9.17, 15) is 9.59 Å². The van der Waals surface area contributed by atoms with Crippen molar-refractivity contribution in [3.8, 4) is 0 Å². The Morgan fingerprint density at radius 1 is 0.967 bits per heavy atom. The lowest BCUT2D eigenvalue weighted by Crippen LogP contribution is -2.65. The van der Waals surface area contributed by atoms with Gasteiger partial charge in [-0.3, -0.25) is 4.79 Å². The Labute approximate surface area is 179 Å². The van der Waals surface area contributed by atoms with Gasteiger partial charge in [0.2, 0.25) is 0 Å². The Morgan fingerprint density at radius 2 is 1.60 bits per heavy atom. The maximum Gasteiger partial charge on any atom is 0.319 e. The first-order valence-electron chi connectivity index (χ1n) is 11.4. The van der Waals surface area contributed by atoms with Gasteiger partial charge in [0, 0.05) is 43.0 Å². The van der Waals surface area contributed by atoms with E-state index >= 15 is 0 Å². The highest BCUT2D eigenvalue weighted by atomic mass is 16.2. The summed E-state index contributed by atoms with van der Waals surface area (Å²) in [6.07, 6.45) is 7.23. The Balaban J connectivity index is 1.22. The molecule has 5 fully saturated rings. The van der Waals surface area contributed by atoms with Crippen molar-refractivity contribution in [1.29, 1.82) is 0 Å². The molecule has 3 N–H and O–H groups in total. The highest BCUT2D eigenvalue weighted by molar-refractivity contribution is 5.95. The molecule has 6 rings (SSSR count). The molecule has 2 unspecified atom stereocenters. The van der Waals surface area contributed by atoms with E-state index in [1.54, 1.807) is 0 Å². The van der Waals surface area contributed by atoms with E-state index in [-0.39, 0.29) is 17.5 Å². The van der Waals surface area contributed by atoms with Crippen LogP contribution in [0.3, 0.4) is 0 Å². The number of benzene rings is 1. The van der Waals surface area contributed by atoms with Gasteiger partial charge >= 0.3 is 6.03 Å². The van der Waals surface area contributed by atoms with Gasteiger partial charge in [0.25, 0.3) is 5.91 Å². The maximum absolute atomic E-state index is 12.9. The standard InChI is InChI=1S/C24H34N4O2/c1-22-11-17-12-23(2,14-22)16-24(13-17,15-22)27-21(30)26-19-5-3-18(4-6-19)20(29)28-9-7-25-8-10-28/h3-6,17,25H,7-16H2,1-2H3,(H2,26,27,30)/t17?,22-,23+,24?. The molecular weight excluding hydrogens is 376 g/mol.